The second kappa shape index (κ2) is 7.71. The van der Waals surface area contributed by atoms with Crippen LogP contribution < -0.4 is 10.6 Å². The lowest BCUT2D eigenvalue weighted by Gasteiger charge is -2.15. The van der Waals surface area contributed by atoms with Crippen molar-refractivity contribution in [1.82, 2.24) is 10.6 Å². The lowest BCUT2D eigenvalue weighted by Crippen LogP contribution is -2.43. The number of carboxylic acids is 1. The summed E-state index contributed by atoms with van der Waals surface area (Å²) in [6.45, 7) is 2.39. The molecule has 0 radical (unpaired) electrons. The van der Waals surface area contributed by atoms with Crippen LogP contribution in [0.25, 0.3) is 0 Å². The molecule has 3 N–H and O–H groups in total. The van der Waals surface area contributed by atoms with E-state index in [9.17, 15) is 9.59 Å². The van der Waals surface area contributed by atoms with Crippen molar-refractivity contribution >= 4 is 23.3 Å². The molecule has 0 bridgehead atoms. The molecular weight excluding hydrogens is 252 g/mol. The summed E-state index contributed by atoms with van der Waals surface area (Å²) in [6, 6.07) is 1.39. The summed E-state index contributed by atoms with van der Waals surface area (Å²) in [4.78, 5) is 22.1. The van der Waals surface area contributed by atoms with Crippen molar-refractivity contribution in [2.75, 3.05) is 6.54 Å². The lowest BCUT2D eigenvalue weighted by atomic mass is 10.1. The Bertz CT molecular complexity index is 379. The maximum Gasteiger partial charge on any atom is 0.315 e. The fourth-order valence-electron chi connectivity index (χ4n) is 1.50. The second-order valence-electron chi connectivity index (χ2n) is 3.98. The van der Waals surface area contributed by atoms with Gasteiger partial charge in [0, 0.05) is 12.6 Å². The first-order chi connectivity index (χ1) is 8.61. The van der Waals surface area contributed by atoms with E-state index >= 15 is 0 Å². The summed E-state index contributed by atoms with van der Waals surface area (Å²) < 4.78 is 0. The second-order valence-corrected chi connectivity index (χ2v) is 4.76. The fraction of sp³-hybridized carbons (Fsp3) is 0.500. The minimum atomic E-state index is -0.902. The van der Waals surface area contributed by atoms with Crippen LogP contribution in [0.2, 0.25) is 0 Å². The van der Waals surface area contributed by atoms with Gasteiger partial charge in [-0.25, -0.2) is 4.79 Å². The number of urea groups is 1. The monoisotopic (exact) mass is 270 g/mol. The van der Waals surface area contributed by atoms with Gasteiger partial charge in [0.05, 0.1) is 6.42 Å². The number of hydrogen-bond acceptors (Lipinski definition) is 3. The molecule has 0 fully saturated rings. The van der Waals surface area contributed by atoms with Gasteiger partial charge < -0.3 is 15.7 Å². The highest BCUT2D eigenvalue weighted by molar-refractivity contribution is 7.07. The van der Waals surface area contributed by atoms with E-state index in [4.69, 9.17) is 5.11 Å². The van der Waals surface area contributed by atoms with Crippen LogP contribution in [0.4, 0.5) is 4.79 Å². The molecule has 5 nitrogen and oxygen atoms in total. The van der Waals surface area contributed by atoms with E-state index in [0.29, 0.717) is 13.0 Å². The van der Waals surface area contributed by atoms with Crippen molar-refractivity contribution < 1.29 is 14.7 Å². The van der Waals surface area contributed by atoms with Gasteiger partial charge in [0.2, 0.25) is 0 Å². The largest absolute Gasteiger partial charge is 0.481 e. The highest BCUT2D eigenvalue weighted by Gasteiger charge is 2.13. The maximum atomic E-state index is 11.5. The van der Waals surface area contributed by atoms with E-state index in [0.717, 1.165) is 6.42 Å². The summed E-state index contributed by atoms with van der Waals surface area (Å²) in [5.41, 5.74) is 1.19. The van der Waals surface area contributed by atoms with Crippen molar-refractivity contribution in [3.05, 3.63) is 22.4 Å². The molecule has 2 amide bonds. The van der Waals surface area contributed by atoms with E-state index in [2.05, 4.69) is 10.6 Å². The van der Waals surface area contributed by atoms with Gasteiger partial charge in [-0.15, -0.1) is 0 Å². The Labute approximate surface area is 110 Å². The Morgan fingerprint density at radius 3 is 2.83 bits per heavy atom. The predicted octanol–water partition coefficient (Wildman–Crippen LogP) is 1.84. The maximum absolute atomic E-state index is 11.5. The predicted molar refractivity (Wildman–Crippen MR) is 70.9 cm³/mol. The first kappa shape index (κ1) is 14.5. The molecule has 0 aliphatic carbocycles. The Kier molecular flexibility index (Phi) is 6.21. The van der Waals surface area contributed by atoms with Crippen LogP contribution in [0.15, 0.2) is 16.8 Å². The minimum Gasteiger partial charge on any atom is -0.481 e. The summed E-state index contributed by atoms with van der Waals surface area (Å²) >= 11 is 1.63. The standard InChI is InChI=1S/C12H18N2O3S/c1-2-10(7-11(15)16)14-12(17)13-5-3-9-4-6-18-8-9/h4,6,8,10H,2-3,5,7H2,1H3,(H,15,16)(H2,13,14,17). The number of aliphatic carboxylic acids is 1. The number of carbonyl (C=O) groups is 2. The van der Waals surface area contributed by atoms with Crippen LogP contribution in [0.1, 0.15) is 25.3 Å². The first-order valence-electron chi connectivity index (χ1n) is 5.89. The molecule has 100 valence electrons. The lowest BCUT2D eigenvalue weighted by molar-refractivity contribution is -0.137. The number of nitrogens with one attached hydrogen (secondary N) is 2. The normalized spacial score (nSPS) is 11.8. The van der Waals surface area contributed by atoms with E-state index < -0.39 is 5.97 Å². The van der Waals surface area contributed by atoms with Crippen molar-refractivity contribution in [2.24, 2.45) is 0 Å². The highest BCUT2D eigenvalue weighted by Crippen LogP contribution is 2.05. The molecule has 1 heterocycles. The molecule has 1 aromatic heterocycles. The summed E-state index contributed by atoms with van der Waals surface area (Å²) in [6.07, 6.45) is 1.34. The highest BCUT2D eigenvalue weighted by atomic mass is 32.1. The van der Waals surface area contributed by atoms with Crippen LogP contribution in [-0.2, 0) is 11.2 Å². The SMILES string of the molecule is CCC(CC(=O)O)NC(=O)NCCc1ccsc1. The van der Waals surface area contributed by atoms with Crippen molar-refractivity contribution in [3.63, 3.8) is 0 Å². The number of thiophene rings is 1. The summed E-state index contributed by atoms with van der Waals surface area (Å²) in [5.74, 6) is -0.902. The van der Waals surface area contributed by atoms with E-state index in [1.54, 1.807) is 11.3 Å². The molecule has 1 atom stereocenters. The van der Waals surface area contributed by atoms with Crippen LogP contribution >= 0.6 is 11.3 Å². The van der Waals surface area contributed by atoms with E-state index in [1.165, 1.54) is 5.56 Å². The number of hydrogen-bond donors (Lipinski definition) is 3. The fourth-order valence-corrected chi connectivity index (χ4v) is 2.20. The van der Waals surface area contributed by atoms with Gasteiger partial charge >= 0.3 is 12.0 Å². The Balaban J connectivity index is 2.21. The van der Waals surface area contributed by atoms with Crippen LogP contribution in [0.3, 0.4) is 0 Å². The average molecular weight is 270 g/mol. The van der Waals surface area contributed by atoms with Crippen LogP contribution in [0.5, 0.6) is 0 Å². The topological polar surface area (TPSA) is 78.4 Å². The van der Waals surface area contributed by atoms with Crippen LogP contribution in [0, 0.1) is 0 Å². The number of amides is 2. The van der Waals surface area contributed by atoms with E-state index in [-0.39, 0.29) is 18.5 Å². The molecule has 1 aromatic rings. The number of rotatable bonds is 7. The Morgan fingerprint density at radius 2 is 2.28 bits per heavy atom. The quantitative estimate of drug-likeness (QED) is 0.707. The number of carbonyl (C=O) groups excluding carboxylic acids is 1. The Morgan fingerprint density at radius 1 is 1.50 bits per heavy atom. The first-order valence-corrected chi connectivity index (χ1v) is 6.83. The zero-order valence-electron chi connectivity index (χ0n) is 10.3. The van der Waals surface area contributed by atoms with Gasteiger partial charge in [-0.1, -0.05) is 6.92 Å². The van der Waals surface area contributed by atoms with Crippen LogP contribution in [-0.4, -0.2) is 29.7 Å². The molecule has 1 unspecified atom stereocenters. The molecular formula is C12H18N2O3S. The zero-order chi connectivity index (χ0) is 13.4. The minimum absolute atomic E-state index is 0.0472. The van der Waals surface area contributed by atoms with Crippen molar-refractivity contribution in [1.29, 1.82) is 0 Å². The van der Waals surface area contributed by atoms with Gasteiger partial charge in [-0.3, -0.25) is 4.79 Å². The number of carboxylic acid groups (broad SMARTS) is 1. The third-order valence-corrected chi connectivity index (χ3v) is 3.26. The molecule has 1 rings (SSSR count). The smallest absolute Gasteiger partial charge is 0.315 e. The molecule has 0 saturated heterocycles. The van der Waals surface area contributed by atoms with Crippen molar-refractivity contribution in [3.8, 4) is 0 Å². The van der Waals surface area contributed by atoms with Gasteiger partial charge in [0.25, 0.3) is 0 Å². The van der Waals surface area contributed by atoms with Gasteiger partial charge in [0.15, 0.2) is 0 Å². The zero-order valence-corrected chi connectivity index (χ0v) is 11.1. The molecule has 18 heavy (non-hydrogen) atoms. The average Bonchev–Trinajstić information content (AvgIpc) is 2.80. The summed E-state index contributed by atoms with van der Waals surface area (Å²) in [5, 5.41) is 18.1. The molecule has 0 saturated carbocycles. The molecule has 0 spiro atoms. The molecule has 0 aromatic carbocycles. The molecule has 0 aliphatic heterocycles. The third kappa shape index (κ3) is 5.67. The van der Waals surface area contributed by atoms with Gasteiger partial charge in [-0.2, -0.15) is 11.3 Å². The van der Waals surface area contributed by atoms with E-state index in [1.807, 2.05) is 23.8 Å². The van der Waals surface area contributed by atoms with Gasteiger partial charge in [-0.05, 0) is 35.2 Å². The van der Waals surface area contributed by atoms with Crippen molar-refractivity contribution in [2.45, 2.75) is 32.2 Å². The molecule has 0 aliphatic rings. The Hall–Kier alpha value is -1.56. The van der Waals surface area contributed by atoms with Gasteiger partial charge in [0.1, 0.15) is 0 Å². The summed E-state index contributed by atoms with van der Waals surface area (Å²) in [7, 11) is 0. The third-order valence-electron chi connectivity index (χ3n) is 2.53. The molecule has 6 heteroatoms.